The number of carbonyl (C=O) groups excluding carboxylic acids is 3. The molecule has 1 aromatic rings. The number of hydrogen-bond acceptors (Lipinski definition) is 6. The number of methoxy groups -OCH3 is 1. The third-order valence-corrected chi connectivity index (χ3v) is 1.72. The fourth-order valence-electron chi connectivity index (χ4n) is 0.950. The molecule has 1 rings (SSSR count). The number of ether oxygens (including phenoxy) is 1. The lowest BCUT2D eigenvalue weighted by Gasteiger charge is -2.01. The van der Waals surface area contributed by atoms with Gasteiger partial charge in [-0.25, -0.2) is 14.3 Å². The van der Waals surface area contributed by atoms with Gasteiger partial charge in [0.15, 0.2) is 5.69 Å². The quantitative estimate of drug-likeness (QED) is 0.623. The molecule has 0 bridgehead atoms. The average Bonchev–Trinajstić information content (AvgIpc) is 2.76. The van der Waals surface area contributed by atoms with Gasteiger partial charge in [0.05, 0.1) is 13.3 Å². The SMILES string of the molecule is CNC(=O)NC(=O)Cn1cc(C(=O)OC)nn1. The summed E-state index contributed by atoms with van der Waals surface area (Å²) < 4.78 is 5.53. The lowest BCUT2D eigenvalue weighted by Crippen LogP contribution is -2.39. The van der Waals surface area contributed by atoms with E-state index < -0.39 is 17.9 Å². The van der Waals surface area contributed by atoms with E-state index in [-0.39, 0.29) is 12.2 Å². The molecule has 0 fully saturated rings. The van der Waals surface area contributed by atoms with E-state index in [1.807, 2.05) is 5.32 Å². The Hall–Kier alpha value is -2.45. The number of imide groups is 1. The van der Waals surface area contributed by atoms with Crippen LogP contribution in [-0.4, -0.2) is 47.1 Å². The molecule has 0 unspecified atom stereocenters. The van der Waals surface area contributed by atoms with E-state index in [2.05, 4.69) is 20.4 Å². The molecule has 1 aromatic heterocycles. The summed E-state index contributed by atoms with van der Waals surface area (Å²) in [7, 11) is 2.59. The van der Waals surface area contributed by atoms with Gasteiger partial charge in [-0.05, 0) is 0 Å². The molecule has 0 atom stereocenters. The van der Waals surface area contributed by atoms with Gasteiger partial charge in [-0.1, -0.05) is 5.21 Å². The van der Waals surface area contributed by atoms with Gasteiger partial charge >= 0.3 is 12.0 Å². The Kier molecular flexibility index (Phi) is 4.14. The van der Waals surface area contributed by atoms with Crippen LogP contribution in [0, 0.1) is 0 Å². The van der Waals surface area contributed by atoms with Crippen molar-refractivity contribution in [3.63, 3.8) is 0 Å². The number of urea groups is 1. The van der Waals surface area contributed by atoms with Crippen molar-refractivity contribution in [1.82, 2.24) is 25.6 Å². The molecular weight excluding hydrogens is 230 g/mol. The fraction of sp³-hybridized carbons (Fsp3) is 0.375. The van der Waals surface area contributed by atoms with Gasteiger partial charge in [-0.3, -0.25) is 10.1 Å². The molecule has 0 aromatic carbocycles. The monoisotopic (exact) mass is 241 g/mol. The minimum Gasteiger partial charge on any atom is -0.464 e. The highest BCUT2D eigenvalue weighted by molar-refractivity contribution is 5.94. The summed E-state index contributed by atoms with van der Waals surface area (Å²) in [5, 5.41) is 11.3. The Morgan fingerprint density at radius 2 is 2.18 bits per heavy atom. The zero-order valence-corrected chi connectivity index (χ0v) is 9.26. The number of aromatic nitrogens is 3. The predicted molar refractivity (Wildman–Crippen MR) is 54.0 cm³/mol. The van der Waals surface area contributed by atoms with Gasteiger partial charge in [0, 0.05) is 7.05 Å². The molecule has 0 saturated heterocycles. The van der Waals surface area contributed by atoms with Crippen LogP contribution in [0.2, 0.25) is 0 Å². The topological polar surface area (TPSA) is 115 Å². The number of hydrogen-bond donors (Lipinski definition) is 2. The number of rotatable bonds is 3. The maximum atomic E-state index is 11.3. The summed E-state index contributed by atoms with van der Waals surface area (Å²) in [5.41, 5.74) is -0.0137. The normalized spacial score (nSPS) is 9.53. The number of amides is 3. The van der Waals surface area contributed by atoms with Crippen LogP contribution in [0.3, 0.4) is 0 Å². The molecule has 9 heteroatoms. The Morgan fingerprint density at radius 3 is 2.76 bits per heavy atom. The third kappa shape index (κ3) is 3.55. The minimum atomic E-state index is -0.650. The Bertz CT molecular complexity index is 441. The molecule has 0 saturated carbocycles. The van der Waals surface area contributed by atoms with E-state index in [9.17, 15) is 14.4 Å². The smallest absolute Gasteiger partial charge is 0.360 e. The number of carbonyl (C=O) groups is 3. The van der Waals surface area contributed by atoms with Crippen LogP contribution in [0.1, 0.15) is 10.5 Å². The van der Waals surface area contributed by atoms with E-state index in [1.54, 1.807) is 0 Å². The van der Waals surface area contributed by atoms with Gasteiger partial charge in [-0.2, -0.15) is 0 Å². The largest absolute Gasteiger partial charge is 0.464 e. The molecule has 0 spiro atoms. The first-order valence-corrected chi connectivity index (χ1v) is 4.57. The van der Waals surface area contributed by atoms with Crippen molar-refractivity contribution in [3.05, 3.63) is 11.9 Å². The maximum absolute atomic E-state index is 11.3. The summed E-state index contributed by atoms with van der Waals surface area (Å²) in [6.07, 6.45) is 1.25. The highest BCUT2D eigenvalue weighted by atomic mass is 16.5. The summed E-state index contributed by atoms with van der Waals surface area (Å²) in [5.74, 6) is -1.23. The Morgan fingerprint density at radius 1 is 1.47 bits per heavy atom. The van der Waals surface area contributed by atoms with Crippen molar-refractivity contribution in [3.8, 4) is 0 Å². The summed E-state index contributed by atoms with van der Waals surface area (Å²) in [4.78, 5) is 33.1. The molecule has 17 heavy (non-hydrogen) atoms. The molecule has 0 radical (unpaired) electrons. The molecule has 3 amide bonds. The van der Waals surface area contributed by atoms with Gasteiger partial charge in [0.25, 0.3) is 0 Å². The zero-order chi connectivity index (χ0) is 12.8. The van der Waals surface area contributed by atoms with Crippen LogP contribution < -0.4 is 10.6 Å². The number of nitrogens with one attached hydrogen (secondary N) is 2. The second-order valence-electron chi connectivity index (χ2n) is 2.92. The lowest BCUT2D eigenvalue weighted by molar-refractivity contribution is -0.120. The van der Waals surface area contributed by atoms with Crippen molar-refractivity contribution in [2.24, 2.45) is 0 Å². The molecule has 9 nitrogen and oxygen atoms in total. The van der Waals surface area contributed by atoms with Crippen molar-refractivity contribution >= 4 is 17.9 Å². The third-order valence-electron chi connectivity index (χ3n) is 1.72. The minimum absolute atomic E-state index is 0.0137. The van der Waals surface area contributed by atoms with Crippen molar-refractivity contribution in [1.29, 1.82) is 0 Å². The second-order valence-corrected chi connectivity index (χ2v) is 2.92. The van der Waals surface area contributed by atoms with Crippen LogP contribution in [-0.2, 0) is 16.1 Å². The standard InChI is InChI=1S/C8H11N5O4/c1-9-8(16)10-6(14)4-13-3-5(11-12-13)7(15)17-2/h3H,4H2,1-2H3,(H2,9,10,14,16). The summed E-state index contributed by atoms with van der Waals surface area (Å²) in [6, 6.07) is -0.622. The van der Waals surface area contributed by atoms with Gasteiger partial charge in [0.2, 0.25) is 5.91 Å². The molecule has 0 aliphatic carbocycles. The highest BCUT2D eigenvalue weighted by Crippen LogP contribution is 1.95. The van der Waals surface area contributed by atoms with Crippen LogP contribution >= 0.6 is 0 Å². The first-order chi connectivity index (χ1) is 8.06. The molecule has 1 heterocycles. The van der Waals surface area contributed by atoms with E-state index in [0.29, 0.717) is 0 Å². The van der Waals surface area contributed by atoms with Crippen LogP contribution in [0.15, 0.2) is 6.20 Å². The fourth-order valence-corrected chi connectivity index (χ4v) is 0.950. The van der Waals surface area contributed by atoms with E-state index >= 15 is 0 Å². The number of esters is 1. The average molecular weight is 241 g/mol. The van der Waals surface area contributed by atoms with E-state index in [4.69, 9.17) is 0 Å². The van der Waals surface area contributed by atoms with E-state index in [0.717, 1.165) is 4.68 Å². The van der Waals surface area contributed by atoms with Crippen LogP contribution in [0.4, 0.5) is 4.79 Å². The van der Waals surface area contributed by atoms with Gasteiger partial charge < -0.3 is 10.1 Å². The van der Waals surface area contributed by atoms with Crippen LogP contribution in [0.25, 0.3) is 0 Å². The maximum Gasteiger partial charge on any atom is 0.360 e. The molecule has 0 aliphatic heterocycles. The zero-order valence-electron chi connectivity index (χ0n) is 9.26. The summed E-state index contributed by atoms with van der Waals surface area (Å²) >= 11 is 0. The first kappa shape index (κ1) is 12.6. The van der Waals surface area contributed by atoms with Crippen LogP contribution in [0.5, 0.6) is 0 Å². The van der Waals surface area contributed by atoms with E-state index in [1.165, 1.54) is 20.4 Å². The van der Waals surface area contributed by atoms with Gasteiger partial charge in [-0.15, -0.1) is 5.10 Å². The second kappa shape index (κ2) is 5.58. The lowest BCUT2D eigenvalue weighted by atomic mass is 10.5. The Balaban J connectivity index is 2.57. The molecule has 0 aliphatic rings. The van der Waals surface area contributed by atoms with Gasteiger partial charge in [0.1, 0.15) is 6.54 Å². The molecule has 2 N–H and O–H groups in total. The number of nitrogens with zero attached hydrogens (tertiary/aromatic N) is 3. The Labute approximate surface area is 96.1 Å². The first-order valence-electron chi connectivity index (χ1n) is 4.57. The highest BCUT2D eigenvalue weighted by Gasteiger charge is 2.13. The molecule has 92 valence electrons. The van der Waals surface area contributed by atoms with Crippen molar-refractivity contribution in [2.75, 3.05) is 14.2 Å². The predicted octanol–water partition coefficient (Wildman–Crippen LogP) is -1.48. The summed E-state index contributed by atoms with van der Waals surface area (Å²) in [6.45, 7) is -0.225. The van der Waals surface area contributed by atoms with Crippen molar-refractivity contribution < 1.29 is 19.1 Å². The molecular formula is C8H11N5O4. The van der Waals surface area contributed by atoms with Crippen molar-refractivity contribution in [2.45, 2.75) is 6.54 Å².